The van der Waals surface area contributed by atoms with Gasteiger partial charge in [0.15, 0.2) is 17.5 Å². The van der Waals surface area contributed by atoms with Gasteiger partial charge in [0.1, 0.15) is 5.75 Å². The zero-order valence-corrected chi connectivity index (χ0v) is 21.8. The first-order valence-electron chi connectivity index (χ1n) is 14.4. The number of esters is 1. The van der Waals surface area contributed by atoms with Gasteiger partial charge < -0.3 is 9.47 Å². The summed E-state index contributed by atoms with van der Waals surface area (Å²) < 4.78 is 51.4. The SMILES string of the molecule is CCCCC1CCC(COC2CCC(C3CCC(C(=O)Oc4cc(F)c(F)c(F)c4)CC3)CC2)CC1. The molecule has 0 unspecified atom stereocenters. The Morgan fingerprint density at radius 2 is 1.36 bits per heavy atom. The summed E-state index contributed by atoms with van der Waals surface area (Å²) in [5.41, 5.74) is 0. The normalized spacial score (nSPS) is 31.2. The summed E-state index contributed by atoms with van der Waals surface area (Å²) in [6, 6.07) is 1.45. The minimum absolute atomic E-state index is 0.269. The molecule has 0 bridgehead atoms. The average molecular weight is 509 g/mol. The highest BCUT2D eigenvalue weighted by Crippen LogP contribution is 2.41. The second kappa shape index (κ2) is 13.3. The second-order valence-electron chi connectivity index (χ2n) is 11.6. The molecule has 3 nitrogen and oxygen atoms in total. The molecule has 0 amide bonds. The zero-order chi connectivity index (χ0) is 25.5. The Hall–Kier alpha value is -1.56. The van der Waals surface area contributed by atoms with E-state index in [9.17, 15) is 18.0 Å². The van der Waals surface area contributed by atoms with Gasteiger partial charge in [-0.05, 0) is 87.9 Å². The second-order valence-corrected chi connectivity index (χ2v) is 11.6. The van der Waals surface area contributed by atoms with Crippen LogP contribution in [0.2, 0.25) is 0 Å². The van der Waals surface area contributed by atoms with E-state index in [4.69, 9.17) is 9.47 Å². The van der Waals surface area contributed by atoms with Crippen molar-refractivity contribution < 1.29 is 27.4 Å². The van der Waals surface area contributed by atoms with Crippen molar-refractivity contribution in [3.63, 3.8) is 0 Å². The summed E-state index contributed by atoms with van der Waals surface area (Å²) in [6.07, 6.45) is 18.0. The molecule has 36 heavy (non-hydrogen) atoms. The Bertz CT molecular complexity index is 813. The molecule has 3 aliphatic rings. The van der Waals surface area contributed by atoms with Gasteiger partial charge >= 0.3 is 5.97 Å². The fourth-order valence-corrected chi connectivity index (χ4v) is 6.80. The third-order valence-corrected chi connectivity index (χ3v) is 9.17. The fraction of sp³-hybridized carbons (Fsp3) is 0.767. The van der Waals surface area contributed by atoms with Gasteiger partial charge in [0, 0.05) is 18.7 Å². The maximum absolute atomic E-state index is 13.4. The Morgan fingerprint density at radius 1 is 0.806 bits per heavy atom. The molecule has 0 N–H and O–H groups in total. The lowest BCUT2D eigenvalue weighted by molar-refractivity contribution is -0.140. The minimum Gasteiger partial charge on any atom is -0.426 e. The van der Waals surface area contributed by atoms with Gasteiger partial charge in [-0.3, -0.25) is 4.79 Å². The predicted octanol–water partition coefficient (Wildman–Crippen LogP) is 8.39. The van der Waals surface area contributed by atoms with Gasteiger partial charge in [0.05, 0.1) is 12.0 Å². The number of hydrogen-bond acceptors (Lipinski definition) is 3. The van der Waals surface area contributed by atoms with Crippen molar-refractivity contribution in [1.82, 2.24) is 0 Å². The molecule has 0 aliphatic heterocycles. The van der Waals surface area contributed by atoms with E-state index in [0.717, 1.165) is 69.1 Å². The van der Waals surface area contributed by atoms with Crippen LogP contribution >= 0.6 is 0 Å². The number of rotatable bonds is 9. The first-order chi connectivity index (χ1) is 17.4. The van der Waals surface area contributed by atoms with Gasteiger partial charge in [0.25, 0.3) is 0 Å². The Kier molecular flexibility index (Phi) is 10.1. The quantitative estimate of drug-likeness (QED) is 0.191. The average Bonchev–Trinajstić information content (AvgIpc) is 2.90. The Labute approximate surface area is 214 Å². The molecule has 3 aliphatic carbocycles. The highest BCUT2D eigenvalue weighted by atomic mass is 19.2. The van der Waals surface area contributed by atoms with Gasteiger partial charge in [-0.1, -0.05) is 39.0 Å². The number of carbonyl (C=O) groups excluding carboxylic acids is 1. The molecule has 0 atom stereocenters. The molecule has 3 saturated carbocycles. The Morgan fingerprint density at radius 3 is 1.94 bits per heavy atom. The van der Waals surface area contributed by atoms with E-state index < -0.39 is 23.4 Å². The predicted molar refractivity (Wildman–Crippen MR) is 134 cm³/mol. The standard InChI is InChI=1S/C30H43F3O3/c1-2-3-4-20-5-7-21(8-6-20)19-35-25-15-13-23(14-16-25)22-9-11-24(12-10-22)30(34)36-26-17-27(31)29(33)28(32)18-26/h17-18,20-25H,2-16,19H2,1H3. The van der Waals surface area contributed by atoms with E-state index >= 15 is 0 Å². The number of unbranched alkanes of at least 4 members (excludes halogenated alkanes) is 1. The van der Waals surface area contributed by atoms with Crippen molar-refractivity contribution >= 4 is 5.97 Å². The van der Waals surface area contributed by atoms with Crippen LogP contribution in [0.3, 0.4) is 0 Å². The number of hydrogen-bond donors (Lipinski definition) is 0. The van der Waals surface area contributed by atoms with Crippen LogP contribution in [0.25, 0.3) is 0 Å². The third-order valence-electron chi connectivity index (χ3n) is 9.17. The lowest BCUT2D eigenvalue weighted by Gasteiger charge is -2.37. The monoisotopic (exact) mass is 508 g/mol. The van der Waals surface area contributed by atoms with Crippen LogP contribution in [0.15, 0.2) is 12.1 Å². The molecule has 0 spiro atoms. The number of halogens is 3. The molecule has 1 aromatic rings. The topological polar surface area (TPSA) is 35.5 Å². The summed E-state index contributed by atoms with van der Waals surface area (Å²) in [5.74, 6) is -2.27. The number of benzene rings is 1. The van der Waals surface area contributed by atoms with Crippen molar-refractivity contribution in [2.75, 3.05) is 6.61 Å². The molecule has 0 saturated heterocycles. The van der Waals surface area contributed by atoms with Gasteiger partial charge in [0.2, 0.25) is 0 Å². The van der Waals surface area contributed by atoms with E-state index in [1.807, 2.05) is 0 Å². The molecule has 0 heterocycles. The van der Waals surface area contributed by atoms with E-state index in [0.29, 0.717) is 17.9 Å². The summed E-state index contributed by atoms with van der Waals surface area (Å²) in [5, 5.41) is 0. The zero-order valence-electron chi connectivity index (χ0n) is 21.8. The maximum Gasteiger partial charge on any atom is 0.314 e. The summed E-state index contributed by atoms with van der Waals surface area (Å²) in [7, 11) is 0. The summed E-state index contributed by atoms with van der Waals surface area (Å²) in [6.45, 7) is 3.21. The summed E-state index contributed by atoms with van der Waals surface area (Å²) >= 11 is 0. The first-order valence-corrected chi connectivity index (χ1v) is 14.4. The van der Waals surface area contributed by atoms with E-state index in [1.54, 1.807) is 0 Å². The Balaban J connectivity index is 1.12. The summed E-state index contributed by atoms with van der Waals surface area (Å²) in [4.78, 5) is 12.5. The van der Waals surface area contributed by atoms with Crippen LogP contribution in [0.1, 0.15) is 103 Å². The van der Waals surface area contributed by atoms with Crippen molar-refractivity contribution in [3.05, 3.63) is 29.6 Å². The van der Waals surface area contributed by atoms with Crippen molar-refractivity contribution in [1.29, 1.82) is 0 Å². The van der Waals surface area contributed by atoms with Crippen molar-refractivity contribution in [2.45, 2.75) is 109 Å². The lowest BCUT2D eigenvalue weighted by Crippen LogP contribution is -2.32. The van der Waals surface area contributed by atoms with Gasteiger partial charge in [-0.25, -0.2) is 13.2 Å². The molecule has 0 aromatic heterocycles. The van der Waals surface area contributed by atoms with Crippen LogP contribution in [0, 0.1) is 47.0 Å². The molecule has 6 heteroatoms. The highest BCUT2D eigenvalue weighted by Gasteiger charge is 2.34. The molecule has 0 radical (unpaired) electrons. The largest absolute Gasteiger partial charge is 0.426 e. The van der Waals surface area contributed by atoms with E-state index in [2.05, 4.69) is 6.92 Å². The maximum atomic E-state index is 13.4. The van der Waals surface area contributed by atoms with E-state index in [1.165, 1.54) is 57.8 Å². The van der Waals surface area contributed by atoms with Crippen LogP contribution in [0.5, 0.6) is 5.75 Å². The van der Waals surface area contributed by atoms with Gasteiger partial charge in [-0.2, -0.15) is 0 Å². The molecule has 1 aromatic carbocycles. The lowest BCUT2D eigenvalue weighted by atomic mass is 9.70. The fourth-order valence-electron chi connectivity index (χ4n) is 6.80. The number of ether oxygens (including phenoxy) is 2. The third kappa shape index (κ3) is 7.49. The van der Waals surface area contributed by atoms with Gasteiger partial charge in [-0.15, -0.1) is 0 Å². The smallest absolute Gasteiger partial charge is 0.314 e. The van der Waals surface area contributed by atoms with Crippen LogP contribution in [0.4, 0.5) is 13.2 Å². The molecule has 4 rings (SSSR count). The van der Waals surface area contributed by atoms with Crippen molar-refractivity contribution in [2.24, 2.45) is 29.6 Å². The molecular formula is C30H43F3O3. The number of carbonyl (C=O) groups is 1. The highest BCUT2D eigenvalue weighted by molar-refractivity contribution is 5.75. The van der Waals surface area contributed by atoms with Crippen molar-refractivity contribution in [3.8, 4) is 5.75 Å². The van der Waals surface area contributed by atoms with Crippen LogP contribution in [-0.4, -0.2) is 18.7 Å². The molecule has 3 fully saturated rings. The molecule has 202 valence electrons. The van der Waals surface area contributed by atoms with Crippen LogP contribution in [-0.2, 0) is 9.53 Å². The van der Waals surface area contributed by atoms with E-state index in [-0.39, 0.29) is 11.7 Å². The first kappa shape index (κ1) is 27.5. The minimum atomic E-state index is -1.56. The van der Waals surface area contributed by atoms with Crippen LogP contribution < -0.4 is 4.74 Å². The molecular weight excluding hydrogens is 465 g/mol.